The van der Waals surface area contributed by atoms with Gasteiger partial charge in [0.05, 0.1) is 32.6 Å². The molecule has 0 aromatic heterocycles. The first-order chi connectivity index (χ1) is 16.3. The zero-order valence-electron chi connectivity index (χ0n) is 17.9. The predicted molar refractivity (Wildman–Crippen MR) is 129 cm³/mol. The van der Waals surface area contributed by atoms with Gasteiger partial charge in [-0.1, -0.05) is 12.1 Å². The van der Waals surface area contributed by atoms with Crippen molar-refractivity contribution >= 4 is 39.0 Å². The zero-order chi connectivity index (χ0) is 24.7. The van der Waals surface area contributed by atoms with Crippen LogP contribution in [0.15, 0.2) is 65.1 Å². The zero-order valence-corrected chi connectivity index (χ0v) is 19.5. The molecule has 0 amide bonds. The fourth-order valence-electron chi connectivity index (χ4n) is 3.08. The summed E-state index contributed by atoms with van der Waals surface area (Å²) in [4.78, 5) is 20.9. The first-order valence-electron chi connectivity index (χ1n) is 10.0. The van der Waals surface area contributed by atoms with Gasteiger partial charge in [-0.25, -0.2) is 0 Å². The Morgan fingerprint density at radius 1 is 1.03 bits per heavy atom. The van der Waals surface area contributed by atoms with Gasteiger partial charge in [-0.05, 0) is 69.9 Å². The number of non-ortho nitro benzene ring substituents is 2. The third-order valence-corrected chi connectivity index (χ3v) is 5.25. The molecule has 0 saturated heterocycles. The molecular weight excluding hydrogens is 506 g/mol. The monoisotopic (exact) mass is 523 g/mol. The van der Waals surface area contributed by atoms with Crippen LogP contribution in [-0.2, 0) is 6.61 Å². The molecule has 34 heavy (non-hydrogen) atoms. The van der Waals surface area contributed by atoms with Crippen molar-refractivity contribution < 1.29 is 19.3 Å². The summed E-state index contributed by atoms with van der Waals surface area (Å²) in [6.45, 7) is 2.34. The van der Waals surface area contributed by atoms with Crippen LogP contribution in [0.3, 0.4) is 0 Å². The third kappa shape index (κ3) is 5.96. The van der Waals surface area contributed by atoms with Crippen molar-refractivity contribution in [3.8, 4) is 17.6 Å². The second-order valence-electron chi connectivity index (χ2n) is 6.95. The minimum atomic E-state index is -0.515. The predicted octanol–water partition coefficient (Wildman–Crippen LogP) is 6.31. The fraction of sp³-hybridized carbons (Fsp3) is 0.125. The molecule has 0 aliphatic heterocycles. The van der Waals surface area contributed by atoms with E-state index in [2.05, 4.69) is 22.0 Å². The molecule has 9 nitrogen and oxygen atoms in total. The SMILES string of the molecule is CCOc1cc(/C=C(/C#N)c2cccc([N+](=O)[O-])c2)cc(Br)c1OCc1ccc([N+](=O)[O-])cc1. The number of allylic oxidation sites excluding steroid dienone is 1. The lowest BCUT2D eigenvalue weighted by atomic mass is 10.0. The van der Waals surface area contributed by atoms with Crippen molar-refractivity contribution in [3.63, 3.8) is 0 Å². The number of benzene rings is 3. The highest BCUT2D eigenvalue weighted by atomic mass is 79.9. The quantitative estimate of drug-likeness (QED) is 0.139. The topological polar surface area (TPSA) is 129 Å². The summed E-state index contributed by atoms with van der Waals surface area (Å²) >= 11 is 3.48. The largest absolute Gasteiger partial charge is 0.490 e. The maximum Gasteiger partial charge on any atom is 0.270 e. The van der Waals surface area contributed by atoms with Crippen molar-refractivity contribution in [2.45, 2.75) is 13.5 Å². The molecule has 0 spiro atoms. The average Bonchev–Trinajstić information content (AvgIpc) is 2.82. The Morgan fingerprint density at radius 2 is 1.74 bits per heavy atom. The van der Waals surface area contributed by atoms with Gasteiger partial charge in [0, 0.05) is 24.3 Å². The summed E-state index contributed by atoms with van der Waals surface area (Å²) < 4.78 is 12.2. The Morgan fingerprint density at radius 3 is 2.35 bits per heavy atom. The van der Waals surface area contributed by atoms with Gasteiger partial charge >= 0.3 is 0 Å². The molecule has 172 valence electrons. The Hall–Kier alpha value is -4.23. The normalized spacial score (nSPS) is 10.9. The number of nitrogens with zero attached hydrogens (tertiary/aromatic N) is 3. The van der Waals surface area contributed by atoms with Gasteiger partial charge in [-0.2, -0.15) is 5.26 Å². The first-order valence-corrected chi connectivity index (χ1v) is 10.8. The minimum Gasteiger partial charge on any atom is -0.490 e. The van der Waals surface area contributed by atoms with Crippen LogP contribution in [0.5, 0.6) is 11.5 Å². The van der Waals surface area contributed by atoms with E-state index in [4.69, 9.17) is 9.47 Å². The number of nitro benzene ring substituents is 2. The van der Waals surface area contributed by atoms with Gasteiger partial charge in [-0.15, -0.1) is 0 Å². The van der Waals surface area contributed by atoms with Crippen LogP contribution >= 0.6 is 15.9 Å². The van der Waals surface area contributed by atoms with Crippen LogP contribution in [0.1, 0.15) is 23.6 Å². The second kappa shape index (κ2) is 11.1. The summed E-state index contributed by atoms with van der Waals surface area (Å²) in [5, 5.41) is 31.5. The molecule has 10 heteroatoms. The summed E-state index contributed by atoms with van der Waals surface area (Å²) in [6.07, 6.45) is 1.60. The lowest BCUT2D eigenvalue weighted by Crippen LogP contribution is -2.01. The molecule has 0 saturated carbocycles. The highest BCUT2D eigenvalue weighted by Crippen LogP contribution is 2.38. The number of nitriles is 1. The van der Waals surface area contributed by atoms with Crippen LogP contribution in [0, 0.1) is 31.6 Å². The number of hydrogen-bond acceptors (Lipinski definition) is 7. The first kappa shape index (κ1) is 24.4. The van der Waals surface area contributed by atoms with Crippen LogP contribution in [0.2, 0.25) is 0 Å². The van der Waals surface area contributed by atoms with E-state index in [0.29, 0.717) is 33.7 Å². The van der Waals surface area contributed by atoms with Gasteiger partial charge in [0.2, 0.25) is 0 Å². The van der Waals surface area contributed by atoms with E-state index in [1.165, 1.54) is 30.3 Å². The number of rotatable bonds is 9. The van der Waals surface area contributed by atoms with E-state index >= 15 is 0 Å². The molecule has 0 aliphatic carbocycles. The van der Waals surface area contributed by atoms with Crippen molar-refractivity contribution in [1.29, 1.82) is 5.26 Å². The molecule has 3 aromatic rings. The van der Waals surface area contributed by atoms with E-state index in [1.54, 1.807) is 36.4 Å². The number of halogens is 1. The summed E-state index contributed by atoms with van der Waals surface area (Å²) in [5.41, 5.74) is 1.92. The molecule has 0 atom stereocenters. The molecule has 0 aliphatic rings. The maximum atomic E-state index is 11.1. The van der Waals surface area contributed by atoms with Crippen LogP contribution < -0.4 is 9.47 Å². The summed E-state index contributed by atoms with van der Waals surface area (Å²) in [7, 11) is 0. The lowest BCUT2D eigenvalue weighted by Gasteiger charge is -2.15. The fourth-order valence-corrected chi connectivity index (χ4v) is 3.65. The van der Waals surface area contributed by atoms with Crippen LogP contribution in [-0.4, -0.2) is 16.5 Å². The van der Waals surface area contributed by atoms with E-state index in [9.17, 15) is 25.5 Å². The van der Waals surface area contributed by atoms with Gasteiger partial charge in [0.1, 0.15) is 6.61 Å². The highest BCUT2D eigenvalue weighted by molar-refractivity contribution is 9.10. The van der Waals surface area contributed by atoms with E-state index in [-0.39, 0.29) is 23.6 Å². The van der Waals surface area contributed by atoms with E-state index < -0.39 is 9.85 Å². The van der Waals surface area contributed by atoms with Gasteiger partial charge in [0.15, 0.2) is 11.5 Å². The van der Waals surface area contributed by atoms with Gasteiger partial charge in [-0.3, -0.25) is 20.2 Å². The Bertz CT molecular complexity index is 1300. The summed E-state index contributed by atoms with van der Waals surface area (Å²) in [5.74, 6) is 0.868. The Balaban J connectivity index is 1.90. The maximum absolute atomic E-state index is 11.1. The van der Waals surface area contributed by atoms with E-state index in [0.717, 1.165) is 5.56 Å². The number of nitro groups is 2. The van der Waals surface area contributed by atoms with Crippen molar-refractivity contribution in [1.82, 2.24) is 0 Å². The highest BCUT2D eigenvalue weighted by Gasteiger charge is 2.14. The van der Waals surface area contributed by atoms with Crippen LogP contribution in [0.25, 0.3) is 11.6 Å². The molecular formula is C24H18BrN3O6. The average molecular weight is 524 g/mol. The molecule has 3 rings (SSSR count). The van der Waals surface area contributed by atoms with Crippen LogP contribution in [0.4, 0.5) is 11.4 Å². The summed E-state index contributed by atoms with van der Waals surface area (Å²) in [6, 6.07) is 17.4. The Kier molecular flexibility index (Phi) is 7.95. The number of hydrogen-bond donors (Lipinski definition) is 0. The van der Waals surface area contributed by atoms with E-state index in [1.807, 2.05) is 6.92 Å². The van der Waals surface area contributed by atoms with Gasteiger partial charge in [0.25, 0.3) is 11.4 Å². The minimum absolute atomic E-state index is 0.00637. The van der Waals surface area contributed by atoms with Gasteiger partial charge < -0.3 is 9.47 Å². The number of ether oxygens (including phenoxy) is 2. The molecule has 0 fully saturated rings. The second-order valence-corrected chi connectivity index (χ2v) is 7.81. The lowest BCUT2D eigenvalue weighted by molar-refractivity contribution is -0.385. The van der Waals surface area contributed by atoms with Crippen molar-refractivity contribution in [3.05, 3.63) is 102 Å². The van der Waals surface area contributed by atoms with Crippen molar-refractivity contribution in [2.24, 2.45) is 0 Å². The Labute approximate surface area is 203 Å². The third-order valence-electron chi connectivity index (χ3n) is 4.66. The smallest absolute Gasteiger partial charge is 0.270 e. The molecule has 3 aromatic carbocycles. The molecule has 0 N–H and O–H groups in total. The molecule has 0 unspecified atom stereocenters. The standard InChI is InChI=1S/C24H18BrN3O6/c1-2-33-23-12-17(10-19(14-26)18-4-3-5-21(13-18)28(31)32)11-22(25)24(23)34-15-16-6-8-20(9-7-16)27(29)30/h3-13H,2,15H2,1H3/b19-10-. The molecule has 0 bridgehead atoms. The molecule has 0 radical (unpaired) electrons. The molecule has 0 heterocycles. The van der Waals surface area contributed by atoms with Crippen molar-refractivity contribution in [2.75, 3.05) is 6.61 Å².